The molecule has 182 valence electrons. The van der Waals surface area contributed by atoms with Crippen molar-refractivity contribution in [2.45, 2.75) is 128 Å². The highest BCUT2D eigenvalue weighted by atomic mass is 16.5. The summed E-state index contributed by atoms with van der Waals surface area (Å²) in [5.41, 5.74) is -2.20. The van der Waals surface area contributed by atoms with Gasteiger partial charge < -0.3 is 20.1 Å². The predicted octanol–water partition coefficient (Wildman–Crippen LogP) is 6.04. The van der Waals surface area contributed by atoms with Gasteiger partial charge in [-0.1, -0.05) is 103 Å². The third-order valence-corrected chi connectivity index (χ3v) is 5.64. The molecule has 0 heterocycles. The van der Waals surface area contributed by atoms with Crippen LogP contribution < -0.4 is 0 Å². The summed E-state index contributed by atoms with van der Waals surface area (Å²) in [4.78, 5) is 33.3. The van der Waals surface area contributed by atoms with Crippen LogP contribution in [0, 0.1) is 0 Å². The molecule has 0 aromatic carbocycles. The summed E-state index contributed by atoms with van der Waals surface area (Å²) in [6, 6.07) is 0. The Kier molecular flexibility index (Phi) is 18.1. The zero-order valence-corrected chi connectivity index (χ0v) is 19.4. The molecule has 31 heavy (non-hydrogen) atoms. The third kappa shape index (κ3) is 16.7. The summed E-state index contributed by atoms with van der Waals surface area (Å²) >= 11 is 0. The van der Waals surface area contributed by atoms with Crippen molar-refractivity contribution in [3.05, 3.63) is 0 Å². The first-order valence-electron chi connectivity index (χ1n) is 12.1. The van der Waals surface area contributed by atoms with E-state index in [9.17, 15) is 19.5 Å². The fourth-order valence-corrected chi connectivity index (χ4v) is 3.78. The standard InChI is InChI=1S/C24H44O7/c1-2-3-4-5-6-7-8-9-10-11-12-13-14-15-16-17-18-31-24(23(29)30,19-21(25)26)20-22(27)28/h2-20H2,1H3,(H,25,26)(H,27,28)(H,29,30). The number of hydrogen-bond acceptors (Lipinski definition) is 4. The van der Waals surface area contributed by atoms with Gasteiger partial charge >= 0.3 is 17.9 Å². The molecule has 0 saturated carbocycles. The van der Waals surface area contributed by atoms with Gasteiger partial charge in [-0.05, 0) is 6.42 Å². The molecule has 0 bridgehead atoms. The zero-order valence-electron chi connectivity index (χ0n) is 19.4. The van der Waals surface area contributed by atoms with E-state index in [4.69, 9.17) is 14.9 Å². The van der Waals surface area contributed by atoms with Gasteiger partial charge in [-0.2, -0.15) is 0 Å². The molecular formula is C24H44O7. The fourth-order valence-electron chi connectivity index (χ4n) is 3.78. The zero-order chi connectivity index (χ0) is 23.4. The first kappa shape index (κ1) is 29.4. The largest absolute Gasteiger partial charge is 0.481 e. The van der Waals surface area contributed by atoms with E-state index in [0.717, 1.165) is 19.3 Å². The lowest BCUT2D eigenvalue weighted by atomic mass is 9.95. The number of carboxylic acids is 3. The van der Waals surface area contributed by atoms with Crippen molar-refractivity contribution in [3.63, 3.8) is 0 Å². The Morgan fingerprint density at radius 2 is 0.903 bits per heavy atom. The lowest BCUT2D eigenvalue weighted by molar-refractivity contribution is -0.178. The van der Waals surface area contributed by atoms with Crippen LogP contribution in [0.3, 0.4) is 0 Å². The predicted molar refractivity (Wildman–Crippen MR) is 120 cm³/mol. The molecule has 0 atom stereocenters. The fraction of sp³-hybridized carbons (Fsp3) is 0.875. The van der Waals surface area contributed by atoms with Crippen molar-refractivity contribution < 1.29 is 34.4 Å². The molecule has 0 rings (SSSR count). The van der Waals surface area contributed by atoms with Gasteiger partial charge in [0.2, 0.25) is 0 Å². The molecule has 0 aliphatic heterocycles. The van der Waals surface area contributed by atoms with Crippen LogP contribution in [0.5, 0.6) is 0 Å². The maximum absolute atomic E-state index is 11.4. The van der Waals surface area contributed by atoms with E-state index in [0.29, 0.717) is 6.42 Å². The molecule has 0 aliphatic rings. The second kappa shape index (κ2) is 19.1. The van der Waals surface area contributed by atoms with Crippen molar-refractivity contribution >= 4 is 17.9 Å². The molecule has 0 fully saturated rings. The molecule has 0 aliphatic carbocycles. The van der Waals surface area contributed by atoms with E-state index < -0.39 is 36.4 Å². The van der Waals surface area contributed by atoms with Crippen molar-refractivity contribution in [3.8, 4) is 0 Å². The number of hydrogen-bond donors (Lipinski definition) is 3. The van der Waals surface area contributed by atoms with Gasteiger partial charge in [-0.25, -0.2) is 4.79 Å². The van der Waals surface area contributed by atoms with E-state index in [1.165, 1.54) is 77.0 Å². The highest BCUT2D eigenvalue weighted by molar-refractivity contribution is 5.88. The Hall–Kier alpha value is -1.63. The summed E-state index contributed by atoms with van der Waals surface area (Å²) in [5.74, 6) is -4.33. The van der Waals surface area contributed by atoms with Crippen LogP contribution in [0.1, 0.15) is 122 Å². The van der Waals surface area contributed by atoms with Gasteiger partial charge in [0, 0.05) is 6.61 Å². The van der Waals surface area contributed by atoms with Crippen LogP contribution in [0.2, 0.25) is 0 Å². The number of rotatable bonds is 23. The van der Waals surface area contributed by atoms with E-state index in [-0.39, 0.29) is 6.61 Å². The average Bonchev–Trinajstić information content (AvgIpc) is 2.69. The minimum absolute atomic E-state index is 0.0469. The second-order valence-electron chi connectivity index (χ2n) is 8.59. The van der Waals surface area contributed by atoms with E-state index in [1.807, 2.05) is 0 Å². The maximum atomic E-state index is 11.4. The summed E-state index contributed by atoms with van der Waals surface area (Å²) in [6.07, 6.45) is 17.7. The molecule has 0 aromatic heterocycles. The summed E-state index contributed by atoms with van der Waals surface area (Å²) in [5, 5.41) is 27.1. The van der Waals surface area contributed by atoms with E-state index >= 15 is 0 Å². The SMILES string of the molecule is CCCCCCCCCCCCCCCCCCOC(CC(=O)O)(CC(=O)O)C(=O)O. The summed E-state index contributed by atoms with van der Waals surface area (Å²) in [6.45, 7) is 2.29. The Labute approximate surface area is 187 Å². The molecule has 3 N–H and O–H groups in total. The molecular weight excluding hydrogens is 400 g/mol. The first-order chi connectivity index (χ1) is 14.8. The number of carbonyl (C=O) groups is 3. The molecule has 7 nitrogen and oxygen atoms in total. The van der Waals surface area contributed by atoms with E-state index in [2.05, 4.69) is 6.92 Å². The second-order valence-corrected chi connectivity index (χ2v) is 8.59. The third-order valence-electron chi connectivity index (χ3n) is 5.64. The average molecular weight is 445 g/mol. The van der Waals surface area contributed by atoms with Crippen LogP contribution in [0.4, 0.5) is 0 Å². The summed E-state index contributed by atoms with van der Waals surface area (Å²) < 4.78 is 5.27. The van der Waals surface area contributed by atoms with Crippen molar-refractivity contribution in [1.29, 1.82) is 0 Å². The Morgan fingerprint density at radius 1 is 0.581 bits per heavy atom. The van der Waals surface area contributed by atoms with Crippen LogP contribution in [-0.4, -0.2) is 45.4 Å². The monoisotopic (exact) mass is 444 g/mol. The quantitative estimate of drug-likeness (QED) is 0.164. The highest BCUT2D eigenvalue weighted by Gasteiger charge is 2.44. The molecule has 7 heteroatoms. The van der Waals surface area contributed by atoms with Crippen LogP contribution in [0.15, 0.2) is 0 Å². The van der Waals surface area contributed by atoms with Gasteiger partial charge in [0.15, 0.2) is 5.60 Å². The number of carboxylic acid groups (broad SMARTS) is 3. The number of aliphatic carboxylic acids is 3. The number of ether oxygens (including phenoxy) is 1. The Bertz CT molecular complexity index is 474. The lowest BCUT2D eigenvalue weighted by Crippen LogP contribution is -2.45. The van der Waals surface area contributed by atoms with Gasteiger partial charge in [-0.3, -0.25) is 9.59 Å². The van der Waals surface area contributed by atoms with Gasteiger partial charge in [0.25, 0.3) is 0 Å². The Morgan fingerprint density at radius 3 is 1.19 bits per heavy atom. The van der Waals surface area contributed by atoms with Crippen LogP contribution in [0.25, 0.3) is 0 Å². The van der Waals surface area contributed by atoms with Crippen LogP contribution >= 0.6 is 0 Å². The molecule has 0 unspecified atom stereocenters. The number of unbranched alkanes of at least 4 members (excludes halogenated alkanes) is 15. The maximum Gasteiger partial charge on any atom is 0.337 e. The molecule has 0 saturated heterocycles. The van der Waals surface area contributed by atoms with Crippen molar-refractivity contribution in [2.24, 2.45) is 0 Å². The lowest BCUT2D eigenvalue weighted by Gasteiger charge is -2.26. The molecule has 0 amide bonds. The first-order valence-corrected chi connectivity index (χ1v) is 12.1. The minimum atomic E-state index is -2.20. The van der Waals surface area contributed by atoms with E-state index in [1.54, 1.807) is 0 Å². The molecule has 0 radical (unpaired) electrons. The molecule has 0 aromatic rings. The van der Waals surface area contributed by atoms with Crippen molar-refractivity contribution in [1.82, 2.24) is 0 Å². The highest BCUT2D eigenvalue weighted by Crippen LogP contribution is 2.23. The minimum Gasteiger partial charge on any atom is -0.481 e. The molecule has 0 spiro atoms. The van der Waals surface area contributed by atoms with Gasteiger partial charge in [0.1, 0.15) is 0 Å². The normalized spacial score (nSPS) is 11.5. The van der Waals surface area contributed by atoms with Gasteiger partial charge in [-0.15, -0.1) is 0 Å². The Balaban J connectivity index is 3.69. The smallest absolute Gasteiger partial charge is 0.337 e. The van der Waals surface area contributed by atoms with Gasteiger partial charge in [0.05, 0.1) is 12.8 Å². The van der Waals surface area contributed by atoms with Crippen LogP contribution in [-0.2, 0) is 19.1 Å². The topological polar surface area (TPSA) is 121 Å². The van der Waals surface area contributed by atoms with Crippen molar-refractivity contribution in [2.75, 3.05) is 6.61 Å². The summed E-state index contributed by atoms with van der Waals surface area (Å²) in [7, 11) is 0.